The Morgan fingerprint density at radius 1 is 0.769 bits per heavy atom. The number of benzene rings is 2. The van der Waals surface area contributed by atoms with Crippen molar-refractivity contribution in [3.05, 3.63) is 82.6 Å². The van der Waals surface area contributed by atoms with Gasteiger partial charge < -0.3 is 4.74 Å². The Bertz CT molecular complexity index is 957. The van der Waals surface area contributed by atoms with Crippen LogP contribution in [0.3, 0.4) is 0 Å². The molecule has 0 saturated carbocycles. The van der Waals surface area contributed by atoms with Crippen LogP contribution in [0.4, 0.5) is 0 Å². The molecule has 0 fully saturated rings. The molecule has 1 heterocycles. The van der Waals surface area contributed by atoms with E-state index in [9.17, 15) is 0 Å². The second-order valence-electron chi connectivity index (χ2n) is 6.98. The molecule has 0 bridgehead atoms. The molecule has 0 spiro atoms. The Balaban J connectivity index is 1.83. The van der Waals surface area contributed by atoms with E-state index in [4.69, 9.17) is 9.15 Å². The normalized spacial score (nSPS) is 14.3. The van der Waals surface area contributed by atoms with E-state index in [-0.39, 0.29) is 0 Å². The van der Waals surface area contributed by atoms with Crippen LogP contribution in [-0.4, -0.2) is 7.11 Å². The van der Waals surface area contributed by atoms with E-state index in [1.165, 1.54) is 38.9 Å². The Labute approximate surface area is 153 Å². The zero-order valence-corrected chi connectivity index (χ0v) is 14.9. The summed E-state index contributed by atoms with van der Waals surface area (Å²) in [6, 6.07) is 17.2. The molecule has 26 heavy (non-hydrogen) atoms. The number of hydrogen-bond acceptors (Lipinski definition) is 1. The predicted octanol–water partition coefficient (Wildman–Crippen LogP) is 5.71. The monoisotopic (exact) mass is 341 g/mol. The van der Waals surface area contributed by atoms with Gasteiger partial charge >= 0.3 is 11.5 Å². The van der Waals surface area contributed by atoms with Crippen molar-refractivity contribution >= 4 is 6.08 Å². The summed E-state index contributed by atoms with van der Waals surface area (Å²) in [6.07, 6.45) is 8.04. The van der Waals surface area contributed by atoms with Crippen molar-refractivity contribution in [2.24, 2.45) is 0 Å². The summed E-state index contributed by atoms with van der Waals surface area (Å²) in [4.78, 5) is 0. The van der Waals surface area contributed by atoms with Gasteiger partial charge in [-0.25, -0.2) is 4.42 Å². The van der Waals surface area contributed by atoms with Gasteiger partial charge in [-0.15, -0.1) is 0 Å². The average molecular weight is 341 g/mol. The Kier molecular flexibility index (Phi) is 3.63. The molecular formula is C24H21O2+. The smallest absolute Gasteiger partial charge is 0.364 e. The van der Waals surface area contributed by atoms with Gasteiger partial charge in [0.15, 0.2) is 0 Å². The Hall–Kier alpha value is -2.87. The van der Waals surface area contributed by atoms with Gasteiger partial charge in [0, 0.05) is 5.56 Å². The van der Waals surface area contributed by atoms with E-state index in [0.29, 0.717) is 0 Å². The van der Waals surface area contributed by atoms with E-state index in [1.54, 1.807) is 13.4 Å². The van der Waals surface area contributed by atoms with Crippen LogP contribution in [0.2, 0.25) is 0 Å². The lowest BCUT2D eigenvalue weighted by Crippen LogP contribution is -2.12. The molecule has 0 N–H and O–H groups in total. The fourth-order valence-corrected chi connectivity index (χ4v) is 4.36. The lowest BCUT2D eigenvalue weighted by Gasteiger charge is -2.20. The molecule has 1 aromatic heterocycles. The van der Waals surface area contributed by atoms with Crippen molar-refractivity contribution in [1.29, 1.82) is 0 Å². The van der Waals surface area contributed by atoms with Gasteiger partial charge in [0.25, 0.3) is 0 Å². The highest BCUT2D eigenvalue weighted by Gasteiger charge is 2.36. The largest absolute Gasteiger partial charge is 0.504 e. The maximum atomic E-state index is 6.62. The van der Waals surface area contributed by atoms with Crippen LogP contribution in [0.25, 0.3) is 28.7 Å². The van der Waals surface area contributed by atoms with Crippen molar-refractivity contribution in [2.75, 3.05) is 7.11 Å². The highest BCUT2D eigenvalue weighted by molar-refractivity contribution is 5.80. The first-order chi connectivity index (χ1) is 12.9. The molecule has 2 aliphatic carbocycles. The molecule has 0 unspecified atom stereocenters. The van der Waals surface area contributed by atoms with E-state index in [1.807, 2.05) is 0 Å². The zero-order valence-electron chi connectivity index (χ0n) is 14.9. The quantitative estimate of drug-likeness (QED) is 0.440. The number of rotatable bonds is 2. The third-order valence-electron chi connectivity index (χ3n) is 5.59. The lowest BCUT2D eigenvalue weighted by molar-refractivity contribution is 0.341. The summed E-state index contributed by atoms with van der Waals surface area (Å²) in [7, 11) is 1.70. The fourth-order valence-electron chi connectivity index (χ4n) is 4.36. The van der Waals surface area contributed by atoms with Crippen molar-refractivity contribution < 1.29 is 9.15 Å². The topological polar surface area (TPSA) is 20.5 Å². The van der Waals surface area contributed by atoms with Gasteiger partial charge in [-0.2, -0.15) is 0 Å². The maximum Gasteiger partial charge on any atom is 0.364 e. The molecule has 5 rings (SSSR count). The first-order valence-corrected chi connectivity index (χ1v) is 9.24. The molecule has 0 aliphatic heterocycles. The minimum absolute atomic E-state index is 1.01. The average Bonchev–Trinajstić information content (AvgIpc) is 2.71. The number of ether oxygens (including phenoxy) is 1. The van der Waals surface area contributed by atoms with E-state index >= 15 is 0 Å². The Morgan fingerprint density at radius 3 is 1.85 bits per heavy atom. The van der Waals surface area contributed by atoms with Crippen molar-refractivity contribution in [1.82, 2.24) is 0 Å². The molecular weight excluding hydrogens is 320 g/mol. The van der Waals surface area contributed by atoms with Crippen LogP contribution in [0, 0.1) is 0 Å². The molecule has 0 radical (unpaired) electrons. The zero-order chi connectivity index (χ0) is 17.5. The second kappa shape index (κ2) is 6.14. The minimum Gasteiger partial charge on any atom is -0.504 e. The number of fused-ring (bicyclic) bond motifs is 6. The van der Waals surface area contributed by atoms with Crippen LogP contribution in [0.5, 0.6) is 0 Å². The van der Waals surface area contributed by atoms with Gasteiger partial charge in [-0.3, -0.25) is 0 Å². The molecule has 2 aliphatic rings. The van der Waals surface area contributed by atoms with Gasteiger partial charge in [0.1, 0.15) is 0 Å². The molecule has 2 aromatic carbocycles. The first kappa shape index (κ1) is 15.4. The third kappa shape index (κ3) is 2.29. The summed E-state index contributed by atoms with van der Waals surface area (Å²) in [5, 5.41) is 0. The molecule has 2 nitrogen and oxygen atoms in total. The second-order valence-corrected chi connectivity index (χ2v) is 6.98. The van der Waals surface area contributed by atoms with Crippen molar-refractivity contribution in [3.8, 4) is 22.6 Å². The van der Waals surface area contributed by atoms with E-state index < -0.39 is 0 Å². The summed E-state index contributed by atoms with van der Waals surface area (Å²) in [5.41, 5.74) is 9.11. The summed E-state index contributed by atoms with van der Waals surface area (Å²) >= 11 is 0. The van der Waals surface area contributed by atoms with Crippen LogP contribution in [0.15, 0.2) is 59.2 Å². The number of aryl methyl sites for hydroxylation is 2. The molecule has 0 atom stereocenters. The maximum absolute atomic E-state index is 6.62. The molecule has 2 heteroatoms. The molecule has 0 amide bonds. The summed E-state index contributed by atoms with van der Waals surface area (Å²) < 4.78 is 11.9. The molecule has 128 valence electrons. The highest BCUT2D eigenvalue weighted by Crippen LogP contribution is 2.44. The van der Waals surface area contributed by atoms with Crippen LogP contribution >= 0.6 is 0 Å². The van der Waals surface area contributed by atoms with E-state index in [0.717, 1.165) is 37.2 Å². The standard InChI is InChI=1S/C24H21O2/c1-25-15-14-20-21-12-10-16-6-2-4-8-18(16)23(21)26-24-19-9-5-3-7-17(19)11-13-22(20)24/h2-9,14-15H,10-13H2,1H3/q+1. The van der Waals surface area contributed by atoms with Crippen molar-refractivity contribution in [3.63, 3.8) is 0 Å². The van der Waals surface area contributed by atoms with Crippen molar-refractivity contribution in [2.45, 2.75) is 25.7 Å². The lowest BCUT2D eigenvalue weighted by atomic mass is 9.81. The molecule has 3 aromatic rings. The van der Waals surface area contributed by atoms with Crippen LogP contribution in [-0.2, 0) is 30.4 Å². The van der Waals surface area contributed by atoms with Crippen LogP contribution in [0.1, 0.15) is 27.8 Å². The van der Waals surface area contributed by atoms with Gasteiger partial charge in [0.05, 0.1) is 35.6 Å². The minimum atomic E-state index is 1.01. The molecule has 0 saturated heterocycles. The third-order valence-corrected chi connectivity index (χ3v) is 5.59. The SMILES string of the molecule is COC=Cc1c2c([o+]c3c1CCc1ccccc1-3)-c1ccccc1CC2. The van der Waals surface area contributed by atoms with Crippen LogP contribution < -0.4 is 0 Å². The van der Waals surface area contributed by atoms with Gasteiger partial charge in [-0.05, 0) is 55.0 Å². The fraction of sp³-hybridized carbons (Fsp3) is 0.208. The first-order valence-electron chi connectivity index (χ1n) is 9.24. The van der Waals surface area contributed by atoms with Gasteiger partial charge in [-0.1, -0.05) is 36.4 Å². The number of hydrogen-bond donors (Lipinski definition) is 0. The summed E-state index contributed by atoms with van der Waals surface area (Å²) in [5.74, 6) is 2.05. The number of methoxy groups -OCH3 is 1. The summed E-state index contributed by atoms with van der Waals surface area (Å²) in [6.45, 7) is 0. The van der Waals surface area contributed by atoms with E-state index in [2.05, 4.69) is 54.6 Å². The van der Waals surface area contributed by atoms with Gasteiger partial charge in [0.2, 0.25) is 0 Å². The Morgan fingerprint density at radius 2 is 1.31 bits per heavy atom. The predicted molar refractivity (Wildman–Crippen MR) is 105 cm³/mol. The highest BCUT2D eigenvalue weighted by atomic mass is 16.5.